The molecule has 1 saturated heterocycles. The molecule has 0 unspecified atom stereocenters. The average molecular weight is 544 g/mol. The number of benzene rings is 2. The number of amides is 1. The number of carbonyl (C=O) groups is 1. The maximum Gasteiger partial charge on any atom is 0.269 e. The first-order chi connectivity index (χ1) is 18.8. The van der Waals surface area contributed by atoms with Gasteiger partial charge in [-0.3, -0.25) is 14.6 Å². The largest absolute Gasteiger partial charge is 0.345 e. The van der Waals surface area contributed by atoms with Crippen molar-refractivity contribution in [1.29, 1.82) is 0 Å². The van der Waals surface area contributed by atoms with Crippen molar-refractivity contribution in [2.24, 2.45) is 0 Å². The first-order valence-electron chi connectivity index (χ1n) is 14.5. The summed E-state index contributed by atoms with van der Waals surface area (Å²) in [6, 6.07) is 7.90. The third-order valence-corrected chi connectivity index (χ3v) is 9.28. The lowest BCUT2D eigenvalue weighted by Gasteiger charge is -2.49. The van der Waals surface area contributed by atoms with Crippen LogP contribution in [0.2, 0.25) is 0 Å². The molecule has 2 atom stereocenters. The molecule has 0 spiro atoms. The summed E-state index contributed by atoms with van der Waals surface area (Å²) in [7, 11) is 0. The van der Waals surface area contributed by atoms with E-state index in [0.29, 0.717) is 30.0 Å². The number of hydrogen-bond donors (Lipinski definition) is 1. The Kier molecular flexibility index (Phi) is 7.44. The molecule has 2 aromatic carbocycles. The second-order valence-corrected chi connectivity index (χ2v) is 11.9. The SMILES string of the molecule is O=C(Cc1cccc(-c2cc(F)cc(F)c2)c1C1CC1)N[C@@H]1[C@@H](N2CCN(C3CCC3)CC2)CCCC1(F)F. The maximum absolute atomic E-state index is 15.3. The first kappa shape index (κ1) is 26.8. The summed E-state index contributed by atoms with van der Waals surface area (Å²) in [6.45, 7) is 3.29. The van der Waals surface area contributed by atoms with Crippen LogP contribution in [0, 0.1) is 11.6 Å². The normalized spacial score (nSPS) is 26.3. The van der Waals surface area contributed by atoms with Crippen molar-refractivity contribution in [2.45, 2.75) is 87.8 Å². The minimum absolute atomic E-state index is 0.0355. The molecule has 4 aliphatic rings. The zero-order valence-corrected chi connectivity index (χ0v) is 22.3. The number of halogens is 4. The van der Waals surface area contributed by atoms with Crippen LogP contribution in [-0.4, -0.2) is 65.9 Å². The summed E-state index contributed by atoms with van der Waals surface area (Å²) < 4.78 is 58.6. The van der Waals surface area contributed by atoms with Crippen LogP contribution in [0.5, 0.6) is 0 Å². The number of carbonyl (C=O) groups excluding carboxylic acids is 1. The third kappa shape index (κ3) is 5.73. The standard InChI is InChI=1S/C31H37F4N3O/c32-23-16-22(17-24(33)19-23)26-7-1-4-21(29(26)20-9-10-20)18-28(39)36-30-27(8-3-11-31(30,34)35)38-14-12-37(13-15-38)25-5-2-6-25/h1,4,7,16-17,19-20,25,27,30H,2-3,5-6,8-15,18H2,(H,36,39)/t27-,30+/m0/s1. The molecule has 1 aliphatic heterocycles. The van der Waals surface area contributed by atoms with E-state index < -0.39 is 29.5 Å². The van der Waals surface area contributed by atoms with E-state index in [1.807, 2.05) is 12.1 Å². The van der Waals surface area contributed by atoms with Gasteiger partial charge >= 0.3 is 0 Å². The van der Waals surface area contributed by atoms with E-state index in [9.17, 15) is 13.6 Å². The molecule has 39 heavy (non-hydrogen) atoms. The number of nitrogens with zero attached hydrogens (tertiary/aromatic N) is 2. The molecule has 0 radical (unpaired) electrons. The van der Waals surface area contributed by atoms with Gasteiger partial charge in [0, 0.05) is 50.7 Å². The average Bonchev–Trinajstić information content (AvgIpc) is 3.69. The molecule has 8 heteroatoms. The Morgan fingerprint density at radius 2 is 1.59 bits per heavy atom. The van der Waals surface area contributed by atoms with E-state index in [1.54, 1.807) is 6.07 Å². The Morgan fingerprint density at radius 1 is 0.897 bits per heavy atom. The number of rotatable bonds is 7. The van der Waals surface area contributed by atoms with Gasteiger partial charge in [0.2, 0.25) is 5.91 Å². The summed E-state index contributed by atoms with van der Waals surface area (Å²) in [5, 5.41) is 2.76. The summed E-state index contributed by atoms with van der Waals surface area (Å²) in [5.74, 6) is -4.51. The van der Waals surface area contributed by atoms with Crippen LogP contribution in [-0.2, 0) is 11.2 Å². The molecule has 4 fully saturated rings. The zero-order chi connectivity index (χ0) is 27.1. The molecule has 6 rings (SSSR count). The number of alkyl halides is 2. The molecular weight excluding hydrogens is 506 g/mol. The predicted octanol–water partition coefficient (Wildman–Crippen LogP) is 5.89. The van der Waals surface area contributed by atoms with E-state index >= 15 is 8.78 Å². The fraction of sp³-hybridized carbons (Fsp3) is 0.581. The van der Waals surface area contributed by atoms with Gasteiger partial charge in [0.25, 0.3) is 5.92 Å². The van der Waals surface area contributed by atoms with Crippen molar-refractivity contribution >= 4 is 5.91 Å². The molecule has 4 nitrogen and oxygen atoms in total. The van der Waals surface area contributed by atoms with E-state index in [0.717, 1.165) is 56.2 Å². The van der Waals surface area contributed by atoms with Crippen molar-refractivity contribution in [1.82, 2.24) is 15.1 Å². The molecule has 1 heterocycles. The van der Waals surface area contributed by atoms with Crippen molar-refractivity contribution in [2.75, 3.05) is 26.2 Å². The van der Waals surface area contributed by atoms with Gasteiger partial charge in [-0.1, -0.05) is 24.6 Å². The highest BCUT2D eigenvalue weighted by Crippen LogP contribution is 2.46. The Morgan fingerprint density at radius 3 is 2.23 bits per heavy atom. The van der Waals surface area contributed by atoms with Crippen LogP contribution in [0.3, 0.4) is 0 Å². The zero-order valence-electron chi connectivity index (χ0n) is 22.3. The minimum atomic E-state index is -2.97. The predicted molar refractivity (Wildman–Crippen MR) is 143 cm³/mol. The van der Waals surface area contributed by atoms with Crippen molar-refractivity contribution in [3.8, 4) is 11.1 Å². The second kappa shape index (κ2) is 10.8. The van der Waals surface area contributed by atoms with Gasteiger partial charge in [-0.15, -0.1) is 0 Å². The Hall–Kier alpha value is -2.45. The summed E-state index contributed by atoms with van der Waals surface area (Å²) in [4.78, 5) is 18.0. The van der Waals surface area contributed by atoms with E-state index in [4.69, 9.17) is 0 Å². The van der Waals surface area contributed by atoms with Gasteiger partial charge in [-0.2, -0.15) is 0 Å². The summed E-state index contributed by atoms with van der Waals surface area (Å²) >= 11 is 0. The van der Waals surface area contributed by atoms with Gasteiger partial charge in [0.15, 0.2) is 0 Å². The Labute approximate surface area is 227 Å². The summed E-state index contributed by atoms with van der Waals surface area (Å²) in [5.41, 5.74) is 2.77. The van der Waals surface area contributed by atoms with Crippen LogP contribution in [0.4, 0.5) is 17.6 Å². The third-order valence-electron chi connectivity index (χ3n) is 9.28. The Balaban J connectivity index is 1.19. The van der Waals surface area contributed by atoms with Crippen molar-refractivity contribution in [3.63, 3.8) is 0 Å². The quantitative estimate of drug-likeness (QED) is 0.442. The lowest BCUT2D eigenvalue weighted by Crippen LogP contribution is -2.65. The molecule has 3 saturated carbocycles. The topological polar surface area (TPSA) is 35.6 Å². The highest BCUT2D eigenvalue weighted by Gasteiger charge is 2.50. The maximum atomic E-state index is 15.3. The van der Waals surface area contributed by atoms with Crippen molar-refractivity contribution < 1.29 is 22.4 Å². The lowest BCUT2D eigenvalue weighted by atomic mass is 9.84. The molecule has 1 N–H and O–H groups in total. The lowest BCUT2D eigenvalue weighted by molar-refractivity contribution is -0.133. The molecule has 3 aliphatic carbocycles. The molecule has 2 aromatic rings. The Bertz CT molecular complexity index is 1180. The van der Waals surface area contributed by atoms with Gasteiger partial charge < -0.3 is 5.32 Å². The smallest absolute Gasteiger partial charge is 0.269 e. The number of nitrogens with one attached hydrogen (secondary N) is 1. The van der Waals surface area contributed by atoms with E-state index in [2.05, 4.69) is 15.1 Å². The van der Waals surface area contributed by atoms with E-state index in [1.165, 1.54) is 31.4 Å². The van der Waals surface area contributed by atoms with Crippen LogP contribution < -0.4 is 5.32 Å². The number of hydrogen-bond acceptors (Lipinski definition) is 3. The van der Waals surface area contributed by atoms with Gasteiger partial charge in [-0.25, -0.2) is 17.6 Å². The molecule has 210 valence electrons. The van der Waals surface area contributed by atoms with Crippen LogP contribution in [0.1, 0.15) is 68.4 Å². The molecular formula is C31H37F4N3O. The highest BCUT2D eigenvalue weighted by atomic mass is 19.3. The summed E-state index contributed by atoms with van der Waals surface area (Å²) in [6.07, 6.45) is 6.45. The molecule has 0 aromatic heterocycles. The molecule has 0 bridgehead atoms. The van der Waals surface area contributed by atoms with Crippen LogP contribution in [0.15, 0.2) is 36.4 Å². The van der Waals surface area contributed by atoms with Gasteiger partial charge in [0.1, 0.15) is 17.7 Å². The fourth-order valence-corrected chi connectivity index (χ4v) is 6.91. The second-order valence-electron chi connectivity index (χ2n) is 11.9. The molecule has 1 amide bonds. The fourth-order valence-electron chi connectivity index (χ4n) is 6.91. The van der Waals surface area contributed by atoms with Crippen molar-refractivity contribution in [3.05, 3.63) is 59.2 Å². The van der Waals surface area contributed by atoms with E-state index in [-0.39, 0.29) is 24.8 Å². The first-order valence-corrected chi connectivity index (χ1v) is 14.5. The van der Waals surface area contributed by atoms with Crippen LogP contribution in [0.25, 0.3) is 11.1 Å². The monoisotopic (exact) mass is 543 g/mol. The minimum Gasteiger partial charge on any atom is -0.345 e. The van der Waals surface area contributed by atoms with Gasteiger partial charge in [0.05, 0.1) is 6.42 Å². The van der Waals surface area contributed by atoms with Crippen LogP contribution >= 0.6 is 0 Å². The highest BCUT2D eigenvalue weighted by molar-refractivity contribution is 5.81. The number of piperazine rings is 1. The van der Waals surface area contributed by atoms with Gasteiger partial charge in [-0.05, 0) is 78.8 Å².